The molecule has 0 saturated carbocycles. The Hall–Kier alpha value is -1.55. The van der Waals surface area contributed by atoms with E-state index >= 15 is 0 Å². The van der Waals surface area contributed by atoms with Crippen LogP contribution in [0.5, 0.6) is 5.75 Å². The molecule has 2 aliphatic rings. The number of hydrogen-bond donors (Lipinski definition) is 1. The molecule has 0 aromatic heterocycles. The summed E-state index contributed by atoms with van der Waals surface area (Å²) >= 11 is 0. The fourth-order valence-electron chi connectivity index (χ4n) is 2.85. The van der Waals surface area contributed by atoms with Crippen molar-refractivity contribution in [2.75, 3.05) is 0 Å². The third-order valence-electron chi connectivity index (χ3n) is 3.82. The average Bonchev–Trinajstić information content (AvgIpc) is 2.36. The van der Waals surface area contributed by atoms with Gasteiger partial charge in [0.1, 0.15) is 5.75 Å². The maximum Gasteiger partial charge on any atom is 0.250 e. The molecule has 2 heterocycles. The highest BCUT2D eigenvalue weighted by Gasteiger charge is 2.50. The van der Waals surface area contributed by atoms with Gasteiger partial charge in [-0.1, -0.05) is 25.1 Å². The SMILES string of the molecule is CCC12CC(CC(=O)N1O)c1ccccc1O2. The van der Waals surface area contributed by atoms with Crippen LogP contribution in [0.2, 0.25) is 0 Å². The predicted octanol–water partition coefficient (Wildman–Crippen LogP) is 2.28. The number of carbonyl (C=O) groups is 1. The number of hydroxylamine groups is 2. The summed E-state index contributed by atoms with van der Waals surface area (Å²) < 4.78 is 5.88. The predicted molar refractivity (Wildman–Crippen MR) is 60.7 cm³/mol. The molecule has 2 unspecified atom stereocenters. The van der Waals surface area contributed by atoms with E-state index in [1.165, 1.54) is 0 Å². The Kier molecular flexibility index (Phi) is 2.16. The summed E-state index contributed by atoms with van der Waals surface area (Å²) in [5.41, 5.74) is 0.215. The molecule has 1 fully saturated rings. The Balaban J connectivity index is 2.11. The highest BCUT2D eigenvalue weighted by Crippen LogP contribution is 2.48. The topological polar surface area (TPSA) is 49.8 Å². The van der Waals surface area contributed by atoms with Gasteiger partial charge in [0.2, 0.25) is 11.6 Å². The molecule has 2 bridgehead atoms. The van der Waals surface area contributed by atoms with Crippen molar-refractivity contribution in [1.29, 1.82) is 0 Å². The summed E-state index contributed by atoms with van der Waals surface area (Å²) in [6.07, 6.45) is 1.61. The van der Waals surface area contributed by atoms with Crippen molar-refractivity contribution >= 4 is 5.91 Å². The number of hydrogen-bond acceptors (Lipinski definition) is 3. The summed E-state index contributed by atoms with van der Waals surface area (Å²) in [5.74, 6) is 0.700. The van der Waals surface area contributed by atoms with E-state index in [1.54, 1.807) is 0 Å². The molecule has 1 saturated heterocycles. The average molecular weight is 233 g/mol. The zero-order valence-electron chi connectivity index (χ0n) is 9.72. The minimum atomic E-state index is -0.867. The van der Waals surface area contributed by atoms with E-state index in [4.69, 9.17) is 4.74 Å². The van der Waals surface area contributed by atoms with E-state index in [0.29, 0.717) is 19.3 Å². The van der Waals surface area contributed by atoms with Gasteiger partial charge < -0.3 is 4.74 Å². The van der Waals surface area contributed by atoms with Crippen LogP contribution in [0.1, 0.15) is 37.7 Å². The van der Waals surface area contributed by atoms with Crippen LogP contribution in [0.25, 0.3) is 0 Å². The Morgan fingerprint density at radius 2 is 2.29 bits per heavy atom. The van der Waals surface area contributed by atoms with Gasteiger partial charge in [0.25, 0.3) is 0 Å². The maximum atomic E-state index is 11.8. The highest BCUT2D eigenvalue weighted by atomic mass is 16.6. The van der Waals surface area contributed by atoms with Gasteiger partial charge in [0, 0.05) is 25.2 Å². The van der Waals surface area contributed by atoms with Gasteiger partial charge in [-0.2, -0.15) is 5.06 Å². The number of nitrogens with zero attached hydrogens (tertiary/aromatic N) is 1. The highest BCUT2D eigenvalue weighted by molar-refractivity contribution is 5.78. The smallest absolute Gasteiger partial charge is 0.250 e. The van der Waals surface area contributed by atoms with Crippen LogP contribution in [-0.2, 0) is 4.79 Å². The molecule has 0 radical (unpaired) electrons. The van der Waals surface area contributed by atoms with Crippen molar-refractivity contribution in [2.24, 2.45) is 0 Å². The molecular formula is C13H15NO3. The molecule has 90 valence electrons. The minimum absolute atomic E-state index is 0.163. The van der Waals surface area contributed by atoms with Crippen LogP contribution in [0.3, 0.4) is 0 Å². The van der Waals surface area contributed by atoms with E-state index in [2.05, 4.69) is 0 Å². The minimum Gasteiger partial charge on any atom is -0.465 e. The lowest BCUT2D eigenvalue weighted by Gasteiger charge is -2.48. The lowest BCUT2D eigenvalue weighted by Crippen LogP contribution is -2.59. The van der Waals surface area contributed by atoms with Crippen LogP contribution >= 0.6 is 0 Å². The summed E-state index contributed by atoms with van der Waals surface area (Å²) in [6.45, 7) is 1.92. The van der Waals surface area contributed by atoms with Crippen LogP contribution in [0.4, 0.5) is 0 Å². The maximum absolute atomic E-state index is 11.8. The standard InChI is InChI=1S/C13H15NO3/c1-2-13-8-9(7-12(15)14(13)16)10-5-3-4-6-11(10)17-13/h3-6,9,16H,2,7-8H2,1H3. The van der Waals surface area contributed by atoms with Gasteiger partial charge in [-0.3, -0.25) is 10.0 Å². The van der Waals surface area contributed by atoms with Crippen molar-refractivity contribution in [2.45, 2.75) is 37.8 Å². The Morgan fingerprint density at radius 1 is 1.53 bits per heavy atom. The molecule has 3 rings (SSSR count). The van der Waals surface area contributed by atoms with Crippen molar-refractivity contribution in [3.05, 3.63) is 29.8 Å². The molecule has 0 aliphatic carbocycles. The molecule has 4 nitrogen and oxygen atoms in total. The van der Waals surface area contributed by atoms with Gasteiger partial charge in [-0.05, 0) is 11.6 Å². The van der Waals surface area contributed by atoms with Crippen LogP contribution in [0, 0.1) is 0 Å². The van der Waals surface area contributed by atoms with Crippen molar-refractivity contribution < 1.29 is 14.7 Å². The normalized spacial score (nSPS) is 30.8. The largest absolute Gasteiger partial charge is 0.465 e. The molecule has 1 N–H and O–H groups in total. The number of para-hydroxylation sites is 1. The zero-order chi connectivity index (χ0) is 12.0. The van der Waals surface area contributed by atoms with E-state index in [0.717, 1.165) is 16.4 Å². The van der Waals surface area contributed by atoms with Gasteiger partial charge in [0.15, 0.2) is 0 Å². The third kappa shape index (κ3) is 1.37. The number of benzene rings is 1. The van der Waals surface area contributed by atoms with Gasteiger partial charge in [-0.25, -0.2) is 0 Å². The first-order valence-electron chi connectivity index (χ1n) is 5.96. The monoisotopic (exact) mass is 233 g/mol. The Morgan fingerprint density at radius 3 is 3.06 bits per heavy atom. The summed E-state index contributed by atoms with van der Waals surface area (Å²) in [6, 6.07) is 7.76. The van der Waals surface area contributed by atoms with E-state index in [1.807, 2.05) is 31.2 Å². The molecule has 1 amide bonds. The molecule has 1 aromatic rings. The fourth-order valence-corrected chi connectivity index (χ4v) is 2.85. The lowest BCUT2D eigenvalue weighted by atomic mass is 9.80. The van der Waals surface area contributed by atoms with Crippen molar-refractivity contribution in [3.8, 4) is 5.75 Å². The van der Waals surface area contributed by atoms with Gasteiger partial charge in [0.05, 0.1) is 0 Å². The van der Waals surface area contributed by atoms with Crippen molar-refractivity contribution in [3.63, 3.8) is 0 Å². The van der Waals surface area contributed by atoms with Crippen LogP contribution in [-0.4, -0.2) is 21.9 Å². The van der Waals surface area contributed by atoms with Gasteiger partial charge >= 0.3 is 0 Å². The summed E-state index contributed by atoms with van der Waals surface area (Å²) in [4.78, 5) is 11.8. The quantitative estimate of drug-likeness (QED) is 0.757. The number of rotatable bonds is 1. The Labute approximate surface area is 99.8 Å². The molecule has 2 aliphatic heterocycles. The second kappa shape index (κ2) is 3.47. The lowest BCUT2D eigenvalue weighted by molar-refractivity contribution is -0.260. The number of piperidine rings is 1. The fraction of sp³-hybridized carbons (Fsp3) is 0.462. The van der Waals surface area contributed by atoms with Crippen LogP contribution < -0.4 is 4.74 Å². The molecule has 2 atom stereocenters. The van der Waals surface area contributed by atoms with E-state index in [9.17, 15) is 10.0 Å². The summed E-state index contributed by atoms with van der Waals surface area (Å²) in [7, 11) is 0. The van der Waals surface area contributed by atoms with Crippen molar-refractivity contribution in [1.82, 2.24) is 5.06 Å². The number of fused-ring (bicyclic) bond motifs is 4. The molecule has 1 aromatic carbocycles. The number of carbonyl (C=O) groups excluding carboxylic acids is 1. The van der Waals surface area contributed by atoms with E-state index < -0.39 is 5.72 Å². The van der Waals surface area contributed by atoms with Gasteiger partial charge in [-0.15, -0.1) is 0 Å². The zero-order valence-corrected chi connectivity index (χ0v) is 9.72. The first-order chi connectivity index (χ1) is 8.16. The number of ether oxygens (including phenoxy) is 1. The first kappa shape index (κ1) is 10.6. The second-order valence-corrected chi connectivity index (χ2v) is 4.75. The third-order valence-corrected chi connectivity index (χ3v) is 3.82. The summed E-state index contributed by atoms with van der Waals surface area (Å²) in [5, 5.41) is 10.7. The number of amides is 1. The molecule has 0 spiro atoms. The molecule has 4 heteroatoms. The van der Waals surface area contributed by atoms with E-state index in [-0.39, 0.29) is 11.8 Å². The molecule has 17 heavy (non-hydrogen) atoms. The Bertz CT molecular complexity index is 473. The molecular weight excluding hydrogens is 218 g/mol. The first-order valence-corrected chi connectivity index (χ1v) is 5.96. The van der Waals surface area contributed by atoms with Crippen LogP contribution in [0.15, 0.2) is 24.3 Å². The second-order valence-electron chi connectivity index (χ2n) is 4.75.